The molecule has 0 atom stereocenters. The van der Waals surface area contributed by atoms with E-state index in [9.17, 15) is 0 Å². The molecule has 98 valence electrons. The van der Waals surface area contributed by atoms with Gasteiger partial charge in [-0.25, -0.2) is 0 Å². The lowest BCUT2D eigenvalue weighted by Crippen LogP contribution is -2.42. The number of hydrogen-bond donors (Lipinski definition) is 1. The molecule has 1 aromatic rings. The summed E-state index contributed by atoms with van der Waals surface area (Å²) in [5, 5.41) is 3.72. The van der Waals surface area contributed by atoms with E-state index in [-0.39, 0.29) is 0 Å². The van der Waals surface area contributed by atoms with E-state index in [2.05, 4.69) is 30.4 Å². The van der Waals surface area contributed by atoms with Crippen molar-refractivity contribution < 1.29 is 4.74 Å². The van der Waals surface area contributed by atoms with Crippen molar-refractivity contribution in [1.82, 2.24) is 5.32 Å². The Bertz CT molecular complexity index is 419. The molecule has 2 fully saturated rings. The lowest BCUT2D eigenvalue weighted by Gasteiger charge is -2.37. The van der Waals surface area contributed by atoms with Crippen molar-refractivity contribution in [2.75, 3.05) is 13.7 Å². The third kappa shape index (κ3) is 2.54. The Hall–Kier alpha value is -1.02. The normalized spacial score (nSPS) is 28.6. The molecule has 0 bridgehead atoms. The Morgan fingerprint density at radius 3 is 2.78 bits per heavy atom. The van der Waals surface area contributed by atoms with Crippen molar-refractivity contribution in [2.24, 2.45) is 5.41 Å². The molecule has 0 spiro atoms. The van der Waals surface area contributed by atoms with Gasteiger partial charge >= 0.3 is 0 Å². The summed E-state index contributed by atoms with van der Waals surface area (Å²) >= 11 is 0. The smallest absolute Gasteiger partial charge is 0.119 e. The molecule has 3 rings (SSSR count). The highest BCUT2D eigenvalue weighted by Gasteiger charge is 2.39. The average molecular weight is 245 g/mol. The van der Waals surface area contributed by atoms with Gasteiger partial charge in [0.1, 0.15) is 5.75 Å². The molecule has 18 heavy (non-hydrogen) atoms. The van der Waals surface area contributed by atoms with Crippen molar-refractivity contribution >= 4 is 0 Å². The second-order valence-corrected chi connectivity index (χ2v) is 6.33. The average Bonchev–Trinajstić information content (AvgIpc) is 3.06. The van der Waals surface area contributed by atoms with Crippen LogP contribution in [-0.4, -0.2) is 19.7 Å². The summed E-state index contributed by atoms with van der Waals surface area (Å²) in [6, 6.07) is 9.26. The van der Waals surface area contributed by atoms with Crippen LogP contribution in [0.3, 0.4) is 0 Å². The summed E-state index contributed by atoms with van der Waals surface area (Å²) in [6.07, 6.45) is 5.38. The molecular formula is C16H23NO. The zero-order valence-electron chi connectivity index (χ0n) is 11.4. The zero-order valence-corrected chi connectivity index (χ0v) is 11.4. The fourth-order valence-electron chi connectivity index (χ4n) is 2.73. The van der Waals surface area contributed by atoms with Crippen LogP contribution < -0.4 is 10.1 Å². The van der Waals surface area contributed by atoms with E-state index in [1.54, 1.807) is 7.11 Å². The largest absolute Gasteiger partial charge is 0.497 e. The van der Waals surface area contributed by atoms with E-state index >= 15 is 0 Å². The second kappa shape index (κ2) is 4.58. The zero-order chi connectivity index (χ0) is 12.6. The molecule has 0 heterocycles. The van der Waals surface area contributed by atoms with Gasteiger partial charge in [-0.15, -0.1) is 0 Å². The van der Waals surface area contributed by atoms with E-state index in [1.807, 2.05) is 6.07 Å². The Balaban J connectivity index is 1.48. The topological polar surface area (TPSA) is 21.3 Å². The molecule has 0 radical (unpaired) electrons. The molecule has 2 saturated carbocycles. The third-order valence-corrected chi connectivity index (χ3v) is 4.62. The van der Waals surface area contributed by atoms with Crippen LogP contribution in [0.15, 0.2) is 24.3 Å². The first-order valence-electron chi connectivity index (χ1n) is 7.06. The van der Waals surface area contributed by atoms with Crippen LogP contribution in [0.2, 0.25) is 0 Å². The third-order valence-electron chi connectivity index (χ3n) is 4.62. The van der Waals surface area contributed by atoms with Gasteiger partial charge in [-0.05, 0) is 54.7 Å². The van der Waals surface area contributed by atoms with Gasteiger partial charge in [0.15, 0.2) is 0 Å². The summed E-state index contributed by atoms with van der Waals surface area (Å²) in [6.45, 7) is 3.60. The van der Waals surface area contributed by atoms with Gasteiger partial charge in [0.25, 0.3) is 0 Å². The quantitative estimate of drug-likeness (QED) is 0.859. The Labute approximate surface area is 110 Å². The fourth-order valence-corrected chi connectivity index (χ4v) is 2.73. The van der Waals surface area contributed by atoms with Crippen LogP contribution in [0.1, 0.15) is 44.1 Å². The first-order chi connectivity index (χ1) is 8.68. The monoisotopic (exact) mass is 245 g/mol. The number of ether oxygens (including phenoxy) is 1. The maximum absolute atomic E-state index is 5.29. The molecule has 0 aromatic heterocycles. The highest BCUT2D eigenvalue weighted by molar-refractivity contribution is 5.32. The lowest BCUT2D eigenvalue weighted by atomic mass is 9.75. The van der Waals surface area contributed by atoms with Gasteiger partial charge in [0.05, 0.1) is 7.11 Å². The van der Waals surface area contributed by atoms with Crippen molar-refractivity contribution in [3.8, 4) is 5.75 Å². The molecule has 0 amide bonds. The van der Waals surface area contributed by atoms with Gasteiger partial charge in [0, 0.05) is 12.6 Å². The van der Waals surface area contributed by atoms with E-state index < -0.39 is 0 Å². The second-order valence-electron chi connectivity index (χ2n) is 6.33. The van der Waals surface area contributed by atoms with Crippen LogP contribution in [0.4, 0.5) is 0 Å². The van der Waals surface area contributed by atoms with Gasteiger partial charge in [0.2, 0.25) is 0 Å². The van der Waals surface area contributed by atoms with Gasteiger partial charge < -0.3 is 10.1 Å². The molecule has 2 aliphatic carbocycles. The minimum absolute atomic E-state index is 0.626. The van der Waals surface area contributed by atoms with Crippen LogP contribution in [-0.2, 0) is 0 Å². The van der Waals surface area contributed by atoms with Crippen molar-refractivity contribution in [1.29, 1.82) is 0 Å². The molecule has 2 aliphatic rings. The fraction of sp³-hybridized carbons (Fsp3) is 0.625. The number of rotatable bonds is 5. The highest BCUT2D eigenvalue weighted by atomic mass is 16.5. The van der Waals surface area contributed by atoms with Crippen LogP contribution in [0.25, 0.3) is 0 Å². The van der Waals surface area contributed by atoms with E-state index in [0.29, 0.717) is 5.41 Å². The van der Waals surface area contributed by atoms with Crippen LogP contribution >= 0.6 is 0 Å². The Kier molecular flexibility index (Phi) is 3.06. The Morgan fingerprint density at radius 1 is 1.33 bits per heavy atom. The molecule has 1 aromatic carbocycles. The molecule has 0 unspecified atom stereocenters. The van der Waals surface area contributed by atoms with Gasteiger partial charge in [-0.2, -0.15) is 0 Å². The molecule has 2 heteroatoms. The predicted octanol–water partition coefficient (Wildman–Crippen LogP) is 3.33. The SMILES string of the molecule is COc1cccc(C2CC(NCC3(C)CC3)C2)c1. The molecule has 2 nitrogen and oxygen atoms in total. The molecule has 0 saturated heterocycles. The number of nitrogens with one attached hydrogen (secondary N) is 1. The predicted molar refractivity (Wildman–Crippen MR) is 74.1 cm³/mol. The van der Waals surface area contributed by atoms with Crippen molar-refractivity contribution in [3.05, 3.63) is 29.8 Å². The van der Waals surface area contributed by atoms with E-state index in [0.717, 1.165) is 17.7 Å². The minimum Gasteiger partial charge on any atom is -0.497 e. The summed E-state index contributed by atoms with van der Waals surface area (Å²) in [5.74, 6) is 1.71. The first kappa shape index (κ1) is 12.0. The summed E-state index contributed by atoms with van der Waals surface area (Å²) in [4.78, 5) is 0. The van der Waals surface area contributed by atoms with Crippen molar-refractivity contribution in [3.63, 3.8) is 0 Å². The number of hydrogen-bond acceptors (Lipinski definition) is 2. The molecule has 1 N–H and O–H groups in total. The lowest BCUT2D eigenvalue weighted by molar-refractivity contribution is 0.274. The summed E-state index contributed by atoms with van der Waals surface area (Å²) in [7, 11) is 1.74. The van der Waals surface area contributed by atoms with E-state index in [1.165, 1.54) is 37.8 Å². The maximum atomic E-state index is 5.29. The van der Waals surface area contributed by atoms with E-state index in [4.69, 9.17) is 4.74 Å². The standard InChI is InChI=1S/C16H23NO/c1-16(6-7-16)11-17-14-8-13(9-14)12-4-3-5-15(10-12)18-2/h3-5,10,13-14,17H,6-9,11H2,1-2H3. The number of methoxy groups -OCH3 is 1. The van der Waals surface area contributed by atoms with Gasteiger partial charge in [-0.3, -0.25) is 0 Å². The maximum Gasteiger partial charge on any atom is 0.119 e. The van der Waals surface area contributed by atoms with Crippen LogP contribution in [0, 0.1) is 5.41 Å². The first-order valence-corrected chi connectivity index (χ1v) is 7.06. The molecule has 0 aliphatic heterocycles. The number of benzene rings is 1. The Morgan fingerprint density at radius 2 is 2.11 bits per heavy atom. The highest BCUT2D eigenvalue weighted by Crippen LogP contribution is 2.45. The van der Waals surface area contributed by atoms with Crippen molar-refractivity contribution in [2.45, 2.75) is 44.6 Å². The minimum atomic E-state index is 0.626. The summed E-state index contributed by atoms with van der Waals surface area (Å²) < 4.78 is 5.29. The molecular weight excluding hydrogens is 222 g/mol. The van der Waals surface area contributed by atoms with Gasteiger partial charge in [-0.1, -0.05) is 19.1 Å². The van der Waals surface area contributed by atoms with Crippen LogP contribution in [0.5, 0.6) is 5.75 Å². The summed E-state index contributed by atoms with van der Waals surface area (Å²) in [5.41, 5.74) is 2.06.